The molecule has 1 saturated heterocycles. The molecule has 25 heavy (non-hydrogen) atoms. The van der Waals surface area contributed by atoms with E-state index in [1.807, 2.05) is 31.4 Å². The molecule has 5 heteroatoms. The minimum Gasteiger partial charge on any atom is -0.342 e. The first-order valence-corrected chi connectivity index (χ1v) is 8.97. The molecule has 0 bridgehead atoms. The highest BCUT2D eigenvalue weighted by atomic mass is 16.2. The van der Waals surface area contributed by atoms with E-state index in [1.54, 1.807) is 4.68 Å². The number of nitrogens with one attached hydrogen (secondary N) is 1. The molecule has 1 aliphatic rings. The first-order valence-electron chi connectivity index (χ1n) is 8.97. The molecular formula is C20H28N4O. The van der Waals surface area contributed by atoms with E-state index in [9.17, 15) is 4.79 Å². The molecule has 1 amide bonds. The van der Waals surface area contributed by atoms with Gasteiger partial charge >= 0.3 is 0 Å². The standard InChI is InChI=1S/C20H28N4O/c1-14-5-7-16(8-6-14)9-15(2)24(4)20(25)19-12-21-11-18(19)17-10-22-23(3)13-17/h5-8,10,13,15,18-19,21H,9,11-12H2,1-4H3/t15?,18-,19+/m1/s1. The fourth-order valence-corrected chi connectivity index (χ4v) is 3.60. The van der Waals surface area contributed by atoms with Crippen molar-refractivity contribution in [3.8, 4) is 0 Å². The zero-order chi connectivity index (χ0) is 18.0. The summed E-state index contributed by atoms with van der Waals surface area (Å²) in [5.41, 5.74) is 3.67. The first-order chi connectivity index (χ1) is 12.0. The van der Waals surface area contributed by atoms with Crippen LogP contribution in [0.2, 0.25) is 0 Å². The lowest BCUT2D eigenvalue weighted by atomic mass is 9.89. The van der Waals surface area contributed by atoms with Gasteiger partial charge < -0.3 is 10.2 Å². The molecular weight excluding hydrogens is 312 g/mol. The predicted molar refractivity (Wildman–Crippen MR) is 99.4 cm³/mol. The maximum atomic E-state index is 13.1. The zero-order valence-corrected chi connectivity index (χ0v) is 15.6. The molecule has 3 rings (SSSR count). The fourth-order valence-electron chi connectivity index (χ4n) is 3.60. The number of amides is 1. The van der Waals surface area contributed by atoms with Gasteiger partial charge in [-0.1, -0.05) is 29.8 Å². The molecule has 5 nitrogen and oxygen atoms in total. The normalized spacial score (nSPS) is 21.3. The van der Waals surface area contributed by atoms with Gasteiger partial charge in [-0.25, -0.2) is 0 Å². The molecule has 2 heterocycles. The van der Waals surface area contributed by atoms with Crippen molar-refractivity contribution in [1.29, 1.82) is 0 Å². The summed E-state index contributed by atoms with van der Waals surface area (Å²) in [5.74, 6) is 0.406. The van der Waals surface area contributed by atoms with Gasteiger partial charge in [0, 0.05) is 45.3 Å². The first kappa shape index (κ1) is 17.7. The topological polar surface area (TPSA) is 50.2 Å². The van der Waals surface area contributed by atoms with Gasteiger partial charge in [-0.2, -0.15) is 5.10 Å². The second-order valence-corrected chi connectivity index (χ2v) is 7.31. The van der Waals surface area contributed by atoms with Crippen LogP contribution in [-0.2, 0) is 18.3 Å². The van der Waals surface area contributed by atoms with Crippen molar-refractivity contribution in [3.63, 3.8) is 0 Å². The largest absolute Gasteiger partial charge is 0.342 e. The number of benzene rings is 1. The molecule has 1 aromatic carbocycles. The minimum atomic E-state index is -0.0188. The highest BCUT2D eigenvalue weighted by Crippen LogP contribution is 2.29. The van der Waals surface area contributed by atoms with Crippen LogP contribution in [0.15, 0.2) is 36.7 Å². The van der Waals surface area contributed by atoms with E-state index in [0.29, 0.717) is 0 Å². The van der Waals surface area contributed by atoms with E-state index in [4.69, 9.17) is 0 Å². The fraction of sp³-hybridized carbons (Fsp3) is 0.500. The smallest absolute Gasteiger partial charge is 0.227 e. The summed E-state index contributed by atoms with van der Waals surface area (Å²) < 4.78 is 1.80. The van der Waals surface area contributed by atoms with E-state index in [0.717, 1.165) is 25.1 Å². The number of carbonyl (C=O) groups is 1. The van der Waals surface area contributed by atoms with Crippen LogP contribution in [0.1, 0.15) is 29.5 Å². The summed E-state index contributed by atoms with van der Waals surface area (Å²) in [7, 11) is 3.85. The second-order valence-electron chi connectivity index (χ2n) is 7.31. The van der Waals surface area contributed by atoms with Crippen LogP contribution < -0.4 is 5.32 Å². The van der Waals surface area contributed by atoms with Crippen LogP contribution in [0, 0.1) is 12.8 Å². The molecule has 1 N–H and O–H groups in total. The zero-order valence-electron chi connectivity index (χ0n) is 15.6. The van der Waals surface area contributed by atoms with Gasteiger partial charge in [0.25, 0.3) is 0 Å². The number of rotatable bonds is 5. The lowest BCUT2D eigenvalue weighted by molar-refractivity contribution is -0.135. The van der Waals surface area contributed by atoms with Gasteiger partial charge in [0.1, 0.15) is 0 Å². The summed E-state index contributed by atoms with van der Waals surface area (Å²) in [6.07, 6.45) is 4.78. The molecule has 2 aromatic rings. The lowest BCUT2D eigenvalue weighted by Gasteiger charge is -2.29. The Hall–Kier alpha value is -2.14. The maximum absolute atomic E-state index is 13.1. The molecule has 1 aromatic heterocycles. The Balaban J connectivity index is 1.67. The maximum Gasteiger partial charge on any atom is 0.227 e. The number of aryl methyl sites for hydroxylation is 2. The predicted octanol–water partition coefficient (Wildman–Crippen LogP) is 2.12. The summed E-state index contributed by atoms with van der Waals surface area (Å²) in [6.45, 7) is 5.79. The van der Waals surface area contributed by atoms with E-state index >= 15 is 0 Å². The third-order valence-corrected chi connectivity index (χ3v) is 5.34. The van der Waals surface area contributed by atoms with Crippen molar-refractivity contribution >= 4 is 5.91 Å². The van der Waals surface area contributed by atoms with Crippen LogP contribution in [0.4, 0.5) is 0 Å². The molecule has 1 aliphatic heterocycles. The number of hydrogen-bond donors (Lipinski definition) is 1. The molecule has 1 unspecified atom stereocenters. The van der Waals surface area contributed by atoms with Crippen molar-refractivity contribution in [3.05, 3.63) is 53.3 Å². The lowest BCUT2D eigenvalue weighted by Crippen LogP contribution is -2.42. The van der Waals surface area contributed by atoms with Gasteiger partial charge in [0.15, 0.2) is 0 Å². The summed E-state index contributed by atoms with van der Waals surface area (Å²) in [4.78, 5) is 15.0. The number of carbonyl (C=O) groups excluding carboxylic acids is 1. The second kappa shape index (κ2) is 7.40. The Morgan fingerprint density at radius 3 is 2.72 bits per heavy atom. The average Bonchev–Trinajstić information content (AvgIpc) is 3.24. The van der Waals surface area contributed by atoms with Crippen LogP contribution >= 0.6 is 0 Å². The van der Waals surface area contributed by atoms with Gasteiger partial charge in [-0.15, -0.1) is 0 Å². The molecule has 0 radical (unpaired) electrons. The average molecular weight is 340 g/mol. The molecule has 134 valence electrons. The van der Waals surface area contributed by atoms with Crippen molar-refractivity contribution in [1.82, 2.24) is 20.0 Å². The summed E-state index contributed by atoms with van der Waals surface area (Å²) in [5, 5.41) is 7.64. The third-order valence-electron chi connectivity index (χ3n) is 5.34. The molecule has 3 atom stereocenters. The van der Waals surface area contributed by atoms with Crippen molar-refractivity contribution in [2.24, 2.45) is 13.0 Å². The summed E-state index contributed by atoms with van der Waals surface area (Å²) >= 11 is 0. The van der Waals surface area contributed by atoms with Gasteiger partial charge in [0.05, 0.1) is 12.1 Å². The van der Waals surface area contributed by atoms with Gasteiger partial charge in [-0.05, 0) is 31.4 Å². The minimum absolute atomic E-state index is 0.0188. The van der Waals surface area contributed by atoms with Gasteiger partial charge in [0.2, 0.25) is 5.91 Å². The van der Waals surface area contributed by atoms with E-state index < -0.39 is 0 Å². The number of hydrogen-bond acceptors (Lipinski definition) is 3. The van der Waals surface area contributed by atoms with E-state index in [-0.39, 0.29) is 23.8 Å². The number of aromatic nitrogens is 2. The molecule has 0 spiro atoms. The Bertz CT molecular complexity index is 722. The van der Waals surface area contributed by atoms with Crippen molar-refractivity contribution < 1.29 is 4.79 Å². The summed E-state index contributed by atoms with van der Waals surface area (Å²) in [6, 6.07) is 8.73. The van der Waals surface area contributed by atoms with Crippen LogP contribution in [0.5, 0.6) is 0 Å². The molecule has 0 saturated carbocycles. The van der Waals surface area contributed by atoms with Crippen molar-refractivity contribution in [2.75, 3.05) is 20.1 Å². The van der Waals surface area contributed by atoms with Crippen LogP contribution in [-0.4, -0.2) is 46.8 Å². The number of nitrogens with zero attached hydrogens (tertiary/aromatic N) is 3. The molecule has 1 fully saturated rings. The van der Waals surface area contributed by atoms with Crippen molar-refractivity contribution in [2.45, 2.75) is 32.2 Å². The highest BCUT2D eigenvalue weighted by molar-refractivity contribution is 5.80. The number of likely N-dealkylation sites (N-methyl/N-ethyl adjacent to an activating group) is 1. The van der Waals surface area contributed by atoms with Gasteiger partial charge in [-0.3, -0.25) is 9.48 Å². The monoisotopic (exact) mass is 340 g/mol. The Kier molecular flexibility index (Phi) is 5.23. The van der Waals surface area contributed by atoms with Crippen LogP contribution in [0.3, 0.4) is 0 Å². The quantitative estimate of drug-likeness (QED) is 0.907. The van der Waals surface area contributed by atoms with E-state index in [1.165, 1.54) is 11.1 Å². The Morgan fingerprint density at radius 2 is 2.08 bits per heavy atom. The molecule has 0 aliphatic carbocycles. The van der Waals surface area contributed by atoms with Crippen LogP contribution in [0.25, 0.3) is 0 Å². The third kappa shape index (κ3) is 3.93. The van der Waals surface area contributed by atoms with E-state index in [2.05, 4.69) is 48.5 Å². The SMILES string of the molecule is Cc1ccc(CC(C)N(C)C(=O)[C@H]2CNC[C@@H]2c2cnn(C)c2)cc1. The Labute approximate surface area is 150 Å². The highest BCUT2D eigenvalue weighted by Gasteiger charge is 2.37. The Morgan fingerprint density at radius 1 is 1.36 bits per heavy atom.